The van der Waals surface area contributed by atoms with Crippen molar-refractivity contribution in [1.29, 1.82) is 0 Å². The van der Waals surface area contributed by atoms with Crippen LogP contribution in [0.3, 0.4) is 0 Å². The summed E-state index contributed by atoms with van der Waals surface area (Å²) in [6, 6.07) is 20.7. The van der Waals surface area contributed by atoms with Gasteiger partial charge in [-0.3, -0.25) is 9.36 Å². The van der Waals surface area contributed by atoms with E-state index in [-0.39, 0.29) is 17.3 Å². The van der Waals surface area contributed by atoms with Crippen molar-refractivity contribution >= 4 is 23.4 Å². The van der Waals surface area contributed by atoms with Crippen LogP contribution >= 0.6 is 11.8 Å². The molecule has 4 aromatic rings. The van der Waals surface area contributed by atoms with Crippen LogP contribution < -0.4 is 10.1 Å². The molecule has 6 nitrogen and oxygen atoms in total. The lowest BCUT2D eigenvalue weighted by atomic mass is 10.1. The molecule has 3 aromatic carbocycles. The summed E-state index contributed by atoms with van der Waals surface area (Å²) in [4.78, 5) is 12.4. The molecule has 0 aliphatic carbocycles. The van der Waals surface area contributed by atoms with E-state index in [9.17, 15) is 13.6 Å². The number of hydrogen-bond donors (Lipinski definition) is 1. The maximum atomic E-state index is 13.4. The first kappa shape index (κ1) is 23.4. The van der Waals surface area contributed by atoms with Crippen LogP contribution in [0.15, 0.2) is 78.0 Å². The first-order chi connectivity index (χ1) is 16.5. The highest BCUT2D eigenvalue weighted by Crippen LogP contribution is 2.25. The molecule has 4 rings (SSSR count). The van der Waals surface area contributed by atoms with Crippen LogP contribution in [0.4, 0.5) is 14.5 Å². The van der Waals surface area contributed by atoms with Crippen LogP contribution in [0.25, 0.3) is 5.69 Å². The zero-order chi connectivity index (χ0) is 23.9. The number of benzene rings is 3. The quantitative estimate of drug-likeness (QED) is 0.331. The van der Waals surface area contributed by atoms with Gasteiger partial charge in [0.05, 0.1) is 12.4 Å². The zero-order valence-corrected chi connectivity index (χ0v) is 19.2. The van der Waals surface area contributed by atoms with E-state index < -0.39 is 11.6 Å². The average molecular weight is 481 g/mol. The summed E-state index contributed by atoms with van der Waals surface area (Å²) in [5, 5.41) is 11.8. The summed E-state index contributed by atoms with van der Waals surface area (Å²) in [5.41, 5.74) is 2.10. The van der Waals surface area contributed by atoms with E-state index in [1.165, 1.54) is 17.8 Å². The van der Waals surface area contributed by atoms with E-state index in [4.69, 9.17) is 4.74 Å². The molecule has 0 bridgehead atoms. The maximum Gasteiger partial charge on any atom is 0.234 e. The van der Waals surface area contributed by atoms with Gasteiger partial charge in [-0.1, -0.05) is 42.1 Å². The zero-order valence-electron chi connectivity index (χ0n) is 18.4. The Labute approximate surface area is 200 Å². The minimum absolute atomic E-state index is 0.0134. The highest BCUT2D eigenvalue weighted by molar-refractivity contribution is 7.99. The number of halogens is 2. The highest BCUT2D eigenvalue weighted by atomic mass is 32.2. The van der Waals surface area contributed by atoms with Crippen LogP contribution in [0.5, 0.6) is 5.75 Å². The fourth-order valence-corrected chi connectivity index (χ4v) is 4.08. The summed E-state index contributed by atoms with van der Waals surface area (Å²) < 4.78 is 34.0. The number of thioether (sulfide) groups is 1. The van der Waals surface area contributed by atoms with Crippen molar-refractivity contribution in [2.45, 2.75) is 18.5 Å². The van der Waals surface area contributed by atoms with Gasteiger partial charge in [0.25, 0.3) is 0 Å². The van der Waals surface area contributed by atoms with E-state index in [1.54, 1.807) is 0 Å². The first-order valence-corrected chi connectivity index (χ1v) is 11.6. The van der Waals surface area contributed by atoms with E-state index in [0.29, 0.717) is 18.2 Å². The van der Waals surface area contributed by atoms with E-state index in [1.807, 2.05) is 66.1 Å². The molecule has 0 unspecified atom stereocenters. The molecular weight excluding hydrogens is 458 g/mol. The fraction of sp³-hybridized carbons (Fsp3) is 0.160. The molecule has 0 fully saturated rings. The Morgan fingerprint density at radius 2 is 1.76 bits per heavy atom. The van der Waals surface area contributed by atoms with Crippen LogP contribution in [0.1, 0.15) is 18.3 Å². The number of ether oxygens (including phenoxy) is 1. The Bertz CT molecular complexity index is 1260. The van der Waals surface area contributed by atoms with Gasteiger partial charge >= 0.3 is 0 Å². The number of amides is 1. The smallest absolute Gasteiger partial charge is 0.234 e. The Morgan fingerprint density at radius 1 is 1.00 bits per heavy atom. The van der Waals surface area contributed by atoms with Gasteiger partial charge in [0.2, 0.25) is 5.91 Å². The fourth-order valence-electron chi connectivity index (χ4n) is 3.31. The second-order valence-electron chi connectivity index (χ2n) is 7.29. The number of aromatic nitrogens is 3. The molecule has 9 heteroatoms. The van der Waals surface area contributed by atoms with Crippen LogP contribution in [0, 0.1) is 11.6 Å². The Morgan fingerprint density at radius 3 is 2.47 bits per heavy atom. The Hall–Kier alpha value is -3.72. The maximum absolute atomic E-state index is 13.4. The molecule has 0 saturated carbocycles. The predicted octanol–water partition coefficient (Wildman–Crippen LogP) is 5.27. The number of carbonyl (C=O) groups is 1. The topological polar surface area (TPSA) is 69.0 Å². The number of hydrogen-bond acceptors (Lipinski definition) is 5. The number of carbonyl (C=O) groups excluding carboxylic acids is 1. The largest absolute Gasteiger partial charge is 0.494 e. The summed E-state index contributed by atoms with van der Waals surface area (Å²) in [6.45, 7) is 2.49. The molecule has 0 aliphatic rings. The lowest BCUT2D eigenvalue weighted by Gasteiger charge is -2.12. The third-order valence-corrected chi connectivity index (χ3v) is 5.78. The van der Waals surface area contributed by atoms with Crippen molar-refractivity contribution < 1.29 is 18.3 Å². The second-order valence-corrected chi connectivity index (χ2v) is 8.23. The summed E-state index contributed by atoms with van der Waals surface area (Å²) in [6.07, 6.45) is 0.558. The summed E-state index contributed by atoms with van der Waals surface area (Å²) in [7, 11) is 0. The van der Waals surface area contributed by atoms with Crippen molar-refractivity contribution in [2.75, 3.05) is 17.7 Å². The lowest BCUT2D eigenvalue weighted by Crippen LogP contribution is -2.15. The van der Waals surface area contributed by atoms with Crippen molar-refractivity contribution in [2.24, 2.45) is 0 Å². The minimum atomic E-state index is -1.02. The van der Waals surface area contributed by atoms with E-state index >= 15 is 0 Å². The lowest BCUT2D eigenvalue weighted by molar-refractivity contribution is -0.113. The van der Waals surface area contributed by atoms with Gasteiger partial charge in [-0.15, -0.1) is 10.2 Å². The van der Waals surface area contributed by atoms with Crippen LogP contribution in [-0.4, -0.2) is 33.0 Å². The van der Waals surface area contributed by atoms with Gasteiger partial charge in [0.15, 0.2) is 16.8 Å². The average Bonchev–Trinajstić information content (AvgIpc) is 3.24. The molecule has 1 aromatic heterocycles. The number of anilines is 1. The normalized spacial score (nSPS) is 10.8. The molecule has 0 atom stereocenters. The minimum Gasteiger partial charge on any atom is -0.494 e. The molecule has 174 valence electrons. The van der Waals surface area contributed by atoms with Crippen LogP contribution in [-0.2, 0) is 11.2 Å². The van der Waals surface area contributed by atoms with Gasteiger partial charge in [0.1, 0.15) is 11.6 Å². The van der Waals surface area contributed by atoms with E-state index in [0.717, 1.165) is 35.0 Å². The monoisotopic (exact) mass is 480 g/mol. The SMILES string of the molecule is CCOc1ccc(-n2c(Cc3ccccc3)nnc2SCC(=O)Nc2ccc(F)c(F)c2)cc1. The Kier molecular flexibility index (Phi) is 7.54. The van der Waals surface area contributed by atoms with Gasteiger partial charge in [-0.25, -0.2) is 8.78 Å². The third kappa shape index (κ3) is 5.79. The molecule has 1 N–H and O–H groups in total. The van der Waals surface area contributed by atoms with Crippen molar-refractivity contribution in [3.63, 3.8) is 0 Å². The summed E-state index contributed by atoms with van der Waals surface area (Å²) >= 11 is 1.20. The van der Waals surface area contributed by atoms with Gasteiger partial charge in [-0.2, -0.15) is 0 Å². The first-order valence-electron chi connectivity index (χ1n) is 10.6. The molecular formula is C25H22F2N4O2S. The predicted molar refractivity (Wildman–Crippen MR) is 127 cm³/mol. The number of nitrogens with zero attached hydrogens (tertiary/aromatic N) is 3. The summed E-state index contributed by atoms with van der Waals surface area (Å²) in [5.74, 6) is -0.878. The van der Waals surface area contributed by atoms with Crippen molar-refractivity contribution in [3.8, 4) is 11.4 Å². The molecule has 1 heterocycles. The number of nitrogens with one attached hydrogen (secondary N) is 1. The molecule has 0 aliphatic heterocycles. The second kappa shape index (κ2) is 10.9. The third-order valence-electron chi connectivity index (χ3n) is 4.85. The van der Waals surface area contributed by atoms with Gasteiger partial charge in [-0.05, 0) is 48.9 Å². The molecule has 1 amide bonds. The van der Waals surface area contributed by atoms with Crippen molar-refractivity contribution in [1.82, 2.24) is 14.8 Å². The molecule has 0 saturated heterocycles. The van der Waals surface area contributed by atoms with E-state index in [2.05, 4.69) is 15.5 Å². The highest BCUT2D eigenvalue weighted by Gasteiger charge is 2.17. The van der Waals surface area contributed by atoms with Gasteiger partial charge < -0.3 is 10.1 Å². The van der Waals surface area contributed by atoms with Crippen LogP contribution in [0.2, 0.25) is 0 Å². The molecule has 34 heavy (non-hydrogen) atoms. The number of rotatable bonds is 9. The standard InChI is InChI=1S/C25H22F2N4O2S/c1-2-33-20-11-9-19(10-12-20)31-23(14-17-6-4-3-5-7-17)29-30-25(31)34-16-24(32)28-18-8-13-21(26)22(27)15-18/h3-13,15H,2,14,16H2,1H3,(H,28,32). The Balaban J connectivity index is 1.54. The molecule has 0 radical (unpaired) electrons. The van der Waals surface area contributed by atoms with Gasteiger partial charge in [0, 0.05) is 23.9 Å². The van der Waals surface area contributed by atoms with Crippen molar-refractivity contribution in [3.05, 3.63) is 95.8 Å². The molecule has 0 spiro atoms.